The molecule has 33 heavy (non-hydrogen) atoms. The van der Waals surface area contributed by atoms with Crippen LogP contribution in [-0.4, -0.2) is 47.0 Å². The zero-order valence-corrected chi connectivity index (χ0v) is 19.2. The molecule has 1 aliphatic carbocycles. The molecule has 11 heteroatoms. The standard InChI is InChI=1S/C22H27ClFN5O4/c1-12(10-33-2)27-22(32)18-19(20(25)30)29(11-26-18)15-6-3-13(4-7-15)21(31)28-17-8-5-14(24)9-16(17)23/h5,8-9,11-13,15H,3-4,6-7,10H2,1-2H3,(H2,25,30)(H,27,32)(H,28,31)/t12-,13-,15-/m0/s1. The van der Waals surface area contributed by atoms with Crippen molar-refractivity contribution in [3.05, 3.63) is 46.8 Å². The van der Waals surface area contributed by atoms with Gasteiger partial charge in [-0.3, -0.25) is 14.4 Å². The first-order valence-electron chi connectivity index (χ1n) is 10.6. The van der Waals surface area contributed by atoms with Gasteiger partial charge in [0.1, 0.15) is 11.5 Å². The fourth-order valence-corrected chi connectivity index (χ4v) is 4.29. The van der Waals surface area contributed by atoms with Crippen LogP contribution in [0.25, 0.3) is 0 Å². The fourth-order valence-electron chi connectivity index (χ4n) is 4.07. The maximum Gasteiger partial charge on any atom is 0.272 e. The van der Waals surface area contributed by atoms with Gasteiger partial charge in [-0.15, -0.1) is 0 Å². The molecule has 1 aromatic carbocycles. The summed E-state index contributed by atoms with van der Waals surface area (Å²) >= 11 is 5.99. The van der Waals surface area contributed by atoms with E-state index in [0.717, 1.165) is 6.07 Å². The molecule has 0 saturated heterocycles. The number of benzene rings is 1. The van der Waals surface area contributed by atoms with E-state index in [2.05, 4.69) is 15.6 Å². The average Bonchev–Trinajstić information content (AvgIpc) is 3.21. The molecule has 1 atom stereocenters. The predicted molar refractivity (Wildman–Crippen MR) is 121 cm³/mol. The van der Waals surface area contributed by atoms with E-state index in [1.807, 2.05) is 0 Å². The number of methoxy groups -OCH3 is 1. The van der Waals surface area contributed by atoms with Crippen LogP contribution >= 0.6 is 11.6 Å². The largest absolute Gasteiger partial charge is 0.383 e. The molecule has 3 rings (SSSR count). The SMILES string of the molecule is COC[C@H](C)NC(=O)c1ncn([C@H]2CC[C@H](C(=O)Nc3ccc(F)cc3Cl)CC2)c1C(N)=O. The van der Waals surface area contributed by atoms with Crippen LogP contribution in [0.5, 0.6) is 0 Å². The number of amides is 3. The molecule has 1 aromatic heterocycles. The summed E-state index contributed by atoms with van der Waals surface area (Å²) in [5, 5.41) is 5.60. The number of imidazole rings is 1. The van der Waals surface area contributed by atoms with E-state index < -0.39 is 17.6 Å². The van der Waals surface area contributed by atoms with Crippen LogP contribution in [0.1, 0.15) is 59.6 Å². The Labute approximate surface area is 195 Å². The number of rotatable bonds is 8. The summed E-state index contributed by atoms with van der Waals surface area (Å²) in [4.78, 5) is 41.5. The van der Waals surface area contributed by atoms with E-state index in [1.54, 1.807) is 11.5 Å². The van der Waals surface area contributed by atoms with Crippen LogP contribution in [-0.2, 0) is 9.53 Å². The van der Waals surface area contributed by atoms with Gasteiger partial charge in [0.2, 0.25) is 5.91 Å². The zero-order valence-electron chi connectivity index (χ0n) is 18.4. The van der Waals surface area contributed by atoms with Gasteiger partial charge in [0.25, 0.3) is 11.8 Å². The molecule has 4 N–H and O–H groups in total. The second-order valence-corrected chi connectivity index (χ2v) is 8.57. The maximum atomic E-state index is 13.2. The molecule has 3 amide bonds. The minimum absolute atomic E-state index is 0.0312. The van der Waals surface area contributed by atoms with Gasteiger partial charge in [-0.25, -0.2) is 9.37 Å². The van der Waals surface area contributed by atoms with E-state index in [0.29, 0.717) is 38.0 Å². The molecule has 9 nitrogen and oxygen atoms in total. The highest BCUT2D eigenvalue weighted by Gasteiger charge is 2.31. The van der Waals surface area contributed by atoms with Crippen LogP contribution in [0.3, 0.4) is 0 Å². The van der Waals surface area contributed by atoms with Crippen molar-refractivity contribution in [3.63, 3.8) is 0 Å². The highest BCUT2D eigenvalue weighted by molar-refractivity contribution is 6.33. The van der Waals surface area contributed by atoms with Crippen molar-refractivity contribution in [2.24, 2.45) is 11.7 Å². The monoisotopic (exact) mass is 479 g/mol. The first kappa shape index (κ1) is 24.7. The smallest absolute Gasteiger partial charge is 0.272 e. The maximum absolute atomic E-state index is 13.2. The van der Waals surface area contributed by atoms with Crippen LogP contribution in [0.15, 0.2) is 24.5 Å². The van der Waals surface area contributed by atoms with Gasteiger partial charge in [-0.05, 0) is 50.8 Å². The zero-order chi connectivity index (χ0) is 24.1. The Morgan fingerprint density at radius 2 is 2.00 bits per heavy atom. The van der Waals surface area contributed by atoms with E-state index >= 15 is 0 Å². The molecule has 0 radical (unpaired) electrons. The van der Waals surface area contributed by atoms with Crippen LogP contribution in [0, 0.1) is 11.7 Å². The van der Waals surface area contributed by atoms with Gasteiger partial charge in [-0.2, -0.15) is 0 Å². The summed E-state index contributed by atoms with van der Waals surface area (Å²) in [5.41, 5.74) is 5.94. The topological polar surface area (TPSA) is 128 Å². The van der Waals surface area contributed by atoms with Crippen molar-refractivity contribution in [1.29, 1.82) is 0 Å². The third-order valence-corrected chi connectivity index (χ3v) is 6.00. The van der Waals surface area contributed by atoms with Crippen molar-refractivity contribution in [3.8, 4) is 0 Å². The predicted octanol–water partition coefficient (Wildman–Crippen LogP) is 2.91. The lowest BCUT2D eigenvalue weighted by Crippen LogP contribution is -2.37. The molecule has 1 aliphatic rings. The van der Waals surface area contributed by atoms with Crippen molar-refractivity contribution in [2.45, 2.75) is 44.7 Å². The molecule has 1 saturated carbocycles. The number of nitrogens with zero attached hydrogens (tertiary/aromatic N) is 2. The molecule has 0 bridgehead atoms. The molecule has 1 heterocycles. The Hall–Kier alpha value is -2.98. The third kappa shape index (κ3) is 5.88. The molecule has 0 aliphatic heterocycles. The van der Waals surface area contributed by atoms with Crippen LogP contribution < -0.4 is 16.4 Å². The summed E-state index contributed by atoms with van der Waals surface area (Å²) in [6.45, 7) is 2.08. The van der Waals surface area contributed by atoms with Crippen molar-refractivity contribution < 1.29 is 23.5 Å². The van der Waals surface area contributed by atoms with E-state index in [1.165, 1.54) is 25.6 Å². The summed E-state index contributed by atoms with van der Waals surface area (Å²) < 4.78 is 19.8. The van der Waals surface area contributed by atoms with E-state index in [4.69, 9.17) is 22.1 Å². The molecule has 1 fully saturated rings. The number of carbonyl (C=O) groups is 3. The van der Waals surface area contributed by atoms with Gasteiger partial charge in [0, 0.05) is 25.1 Å². The van der Waals surface area contributed by atoms with Crippen molar-refractivity contribution in [1.82, 2.24) is 14.9 Å². The summed E-state index contributed by atoms with van der Waals surface area (Å²) in [6.07, 6.45) is 3.73. The van der Waals surface area contributed by atoms with E-state index in [-0.39, 0.29) is 40.3 Å². The summed E-state index contributed by atoms with van der Waals surface area (Å²) in [5.74, 6) is -2.19. The Morgan fingerprint density at radius 1 is 1.30 bits per heavy atom. The molecule has 2 aromatic rings. The minimum atomic E-state index is -0.747. The van der Waals surface area contributed by atoms with Gasteiger partial charge < -0.3 is 25.7 Å². The number of hydrogen-bond acceptors (Lipinski definition) is 5. The van der Waals surface area contributed by atoms with Gasteiger partial charge >= 0.3 is 0 Å². The number of nitrogens with one attached hydrogen (secondary N) is 2. The lowest BCUT2D eigenvalue weighted by Gasteiger charge is -2.29. The number of primary amides is 1. The summed E-state index contributed by atoms with van der Waals surface area (Å²) in [6, 6.07) is 3.40. The first-order chi connectivity index (χ1) is 15.7. The molecular formula is C22H27ClFN5O4. The first-order valence-corrected chi connectivity index (χ1v) is 11.0. The number of ether oxygens (including phenoxy) is 1. The highest BCUT2D eigenvalue weighted by atomic mass is 35.5. The quantitative estimate of drug-likeness (QED) is 0.536. The lowest BCUT2D eigenvalue weighted by molar-refractivity contribution is -0.121. The highest BCUT2D eigenvalue weighted by Crippen LogP contribution is 2.34. The molecule has 0 spiro atoms. The molecule has 0 unspecified atom stereocenters. The second-order valence-electron chi connectivity index (χ2n) is 8.16. The Balaban J connectivity index is 1.66. The second kappa shape index (κ2) is 10.8. The Kier molecular flexibility index (Phi) is 8.04. The minimum Gasteiger partial charge on any atom is -0.383 e. The summed E-state index contributed by atoms with van der Waals surface area (Å²) in [7, 11) is 1.52. The van der Waals surface area contributed by atoms with E-state index in [9.17, 15) is 18.8 Å². The average molecular weight is 480 g/mol. The molecular weight excluding hydrogens is 453 g/mol. The number of carbonyl (C=O) groups excluding carboxylic acids is 3. The van der Waals surface area contributed by atoms with Crippen LogP contribution in [0.4, 0.5) is 10.1 Å². The van der Waals surface area contributed by atoms with Gasteiger partial charge in [0.15, 0.2) is 5.69 Å². The number of aromatic nitrogens is 2. The van der Waals surface area contributed by atoms with Crippen LogP contribution in [0.2, 0.25) is 5.02 Å². The third-order valence-electron chi connectivity index (χ3n) is 5.69. The Bertz CT molecular complexity index is 1040. The van der Waals surface area contributed by atoms with Crippen molar-refractivity contribution in [2.75, 3.05) is 19.0 Å². The fraction of sp³-hybridized carbons (Fsp3) is 0.455. The normalized spacial score (nSPS) is 19.0. The van der Waals surface area contributed by atoms with Crippen molar-refractivity contribution >= 4 is 35.0 Å². The number of nitrogens with two attached hydrogens (primary N) is 1. The molecule has 178 valence electrons. The van der Waals surface area contributed by atoms with Gasteiger partial charge in [0.05, 0.1) is 23.6 Å². The number of halogens is 2. The number of hydrogen-bond donors (Lipinski definition) is 3. The Morgan fingerprint density at radius 3 is 2.61 bits per heavy atom. The lowest BCUT2D eigenvalue weighted by atomic mass is 9.85. The van der Waals surface area contributed by atoms with Gasteiger partial charge in [-0.1, -0.05) is 11.6 Å². The number of anilines is 1.